The zero-order valence-corrected chi connectivity index (χ0v) is 21.8. The molecule has 0 amide bonds. The van der Waals surface area contributed by atoms with Gasteiger partial charge in [-0.2, -0.15) is 0 Å². The average molecular weight is 523 g/mol. The number of ketones is 1. The van der Waals surface area contributed by atoms with Crippen LogP contribution in [0.1, 0.15) is 52.7 Å². The lowest BCUT2D eigenvalue weighted by Gasteiger charge is -2.33. The van der Waals surface area contributed by atoms with E-state index in [0.717, 1.165) is 5.56 Å². The van der Waals surface area contributed by atoms with Crippen LogP contribution in [0.4, 0.5) is 0 Å². The molecule has 1 unspecified atom stereocenters. The molecule has 8 heteroatoms. The predicted octanol–water partition coefficient (Wildman–Crippen LogP) is 5.74. The number of aromatic amines is 1. The standard InChI is InChI=1S/C29H30N2O5.ClH/c1-4-35-28(34)24-16-23-22(14-15-25(32)26(23)31-24)27(33)29(30,18(2)3)20-10-12-21(13-11-20)36-17-19-8-6-5-7-9-19;/h5-16,18,31-32H,4,17,30H2,1-3H3;1H. The van der Waals surface area contributed by atoms with E-state index in [0.29, 0.717) is 28.9 Å². The summed E-state index contributed by atoms with van der Waals surface area (Å²) in [5, 5.41) is 10.8. The first-order valence-corrected chi connectivity index (χ1v) is 11.9. The molecule has 1 heterocycles. The van der Waals surface area contributed by atoms with Crippen LogP contribution < -0.4 is 10.5 Å². The highest BCUT2D eigenvalue weighted by atomic mass is 35.5. The van der Waals surface area contributed by atoms with Crippen molar-refractivity contribution >= 4 is 35.1 Å². The lowest BCUT2D eigenvalue weighted by atomic mass is 9.75. The van der Waals surface area contributed by atoms with Crippen LogP contribution in [0.15, 0.2) is 72.8 Å². The van der Waals surface area contributed by atoms with Crippen LogP contribution in [0, 0.1) is 5.92 Å². The number of benzene rings is 3. The summed E-state index contributed by atoms with van der Waals surface area (Å²) in [6.45, 7) is 6.11. The molecular weight excluding hydrogens is 492 g/mol. The number of aromatic nitrogens is 1. The minimum Gasteiger partial charge on any atom is -0.506 e. The maximum Gasteiger partial charge on any atom is 0.354 e. The van der Waals surface area contributed by atoms with Crippen molar-refractivity contribution < 1.29 is 24.2 Å². The van der Waals surface area contributed by atoms with Crippen molar-refractivity contribution in [3.8, 4) is 11.5 Å². The number of ether oxygens (including phenoxy) is 2. The van der Waals surface area contributed by atoms with Gasteiger partial charge in [0.25, 0.3) is 0 Å². The number of esters is 1. The zero-order chi connectivity index (χ0) is 25.9. The van der Waals surface area contributed by atoms with E-state index in [1.165, 1.54) is 18.2 Å². The van der Waals surface area contributed by atoms with Crippen LogP contribution in [0.2, 0.25) is 0 Å². The van der Waals surface area contributed by atoms with Gasteiger partial charge in [-0.05, 0) is 54.3 Å². The van der Waals surface area contributed by atoms with E-state index in [-0.39, 0.29) is 47.7 Å². The number of halogens is 1. The Bertz CT molecular complexity index is 1380. The van der Waals surface area contributed by atoms with E-state index in [9.17, 15) is 14.7 Å². The topological polar surface area (TPSA) is 115 Å². The summed E-state index contributed by atoms with van der Waals surface area (Å²) in [5.41, 5.74) is 7.90. The Kier molecular flexibility index (Phi) is 8.63. The van der Waals surface area contributed by atoms with Gasteiger partial charge < -0.3 is 25.3 Å². The van der Waals surface area contributed by atoms with Crippen LogP contribution in [0.25, 0.3) is 10.9 Å². The summed E-state index contributed by atoms with van der Waals surface area (Å²) in [7, 11) is 0. The van der Waals surface area contributed by atoms with Crippen LogP contribution >= 0.6 is 12.4 Å². The SMILES string of the molecule is CCOC(=O)c1cc2c(C(=O)C(N)(c3ccc(OCc4ccccc4)cc3)C(C)C)ccc(O)c2[nH]1.Cl. The number of nitrogens with two attached hydrogens (primary N) is 1. The Morgan fingerprint density at radius 3 is 2.32 bits per heavy atom. The monoisotopic (exact) mass is 522 g/mol. The Labute approximate surface area is 222 Å². The molecule has 0 aliphatic carbocycles. The molecule has 1 atom stereocenters. The third-order valence-electron chi connectivity index (χ3n) is 6.38. The van der Waals surface area contributed by atoms with Gasteiger partial charge in [0.1, 0.15) is 29.3 Å². The lowest BCUT2D eigenvalue weighted by Crippen LogP contribution is -2.49. The fourth-order valence-corrected chi connectivity index (χ4v) is 4.24. The molecular formula is C29H31ClN2O5. The molecule has 0 spiro atoms. The molecule has 0 bridgehead atoms. The second kappa shape index (κ2) is 11.5. The van der Waals surface area contributed by atoms with Gasteiger partial charge in [-0.25, -0.2) is 4.79 Å². The molecule has 0 saturated heterocycles. The summed E-state index contributed by atoms with van der Waals surface area (Å²) < 4.78 is 10.9. The van der Waals surface area contributed by atoms with Crippen LogP contribution in [-0.4, -0.2) is 28.4 Å². The highest BCUT2D eigenvalue weighted by Crippen LogP contribution is 2.36. The number of carbonyl (C=O) groups excluding carboxylic acids is 2. The second-order valence-corrected chi connectivity index (χ2v) is 8.98. The zero-order valence-electron chi connectivity index (χ0n) is 21.0. The van der Waals surface area contributed by atoms with Crippen molar-refractivity contribution in [3.63, 3.8) is 0 Å². The Balaban J connectivity index is 0.00000380. The first-order chi connectivity index (χ1) is 17.3. The maximum atomic E-state index is 14.0. The second-order valence-electron chi connectivity index (χ2n) is 8.98. The predicted molar refractivity (Wildman–Crippen MR) is 145 cm³/mol. The van der Waals surface area contributed by atoms with Crippen molar-refractivity contribution in [1.29, 1.82) is 0 Å². The Morgan fingerprint density at radius 1 is 1.03 bits per heavy atom. The molecule has 0 radical (unpaired) electrons. The summed E-state index contributed by atoms with van der Waals surface area (Å²) in [5.74, 6) is -0.564. The van der Waals surface area contributed by atoms with Crippen LogP contribution in [0.3, 0.4) is 0 Å². The highest BCUT2D eigenvalue weighted by molar-refractivity contribution is 6.14. The number of phenols is 1. The number of nitrogens with one attached hydrogen (secondary N) is 1. The number of carbonyl (C=O) groups is 2. The van der Waals surface area contributed by atoms with Crippen molar-refractivity contribution in [1.82, 2.24) is 4.98 Å². The van der Waals surface area contributed by atoms with Gasteiger partial charge >= 0.3 is 5.97 Å². The van der Waals surface area contributed by atoms with E-state index >= 15 is 0 Å². The number of Topliss-reactive ketones (excluding diaryl/α,β-unsaturated/α-hetero) is 1. The van der Waals surface area contributed by atoms with Gasteiger partial charge in [0.05, 0.1) is 12.1 Å². The third kappa shape index (κ3) is 5.48. The summed E-state index contributed by atoms with van der Waals surface area (Å²) in [6.07, 6.45) is 0. The quantitative estimate of drug-likeness (QED) is 0.190. The first kappa shape index (κ1) is 27.8. The number of rotatable bonds is 9. The Morgan fingerprint density at radius 2 is 1.70 bits per heavy atom. The largest absolute Gasteiger partial charge is 0.506 e. The number of phenolic OH excluding ortho intramolecular Hbond substituents is 1. The van der Waals surface area contributed by atoms with E-state index in [2.05, 4.69) is 4.98 Å². The molecule has 37 heavy (non-hydrogen) atoms. The molecule has 3 aromatic carbocycles. The first-order valence-electron chi connectivity index (χ1n) is 11.9. The highest BCUT2D eigenvalue weighted by Gasteiger charge is 2.40. The molecule has 0 fully saturated rings. The molecule has 0 aliphatic rings. The summed E-state index contributed by atoms with van der Waals surface area (Å²) in [4.78, 5) is 29.1. The summed E-state index contributed by atoms with van der Waals surface area (Å²) >= 11 is 0. The van der Waals surface area contributed by atoms with Gasteiger partial charge in [0, 0.05) is 10.9 Å². The third-order valence-corrected chi connectivity index (χ3v) is 6.38. The molecule has 0 saturated carbocycles. The molecule has 4 aromatic rings. The number of fused-ring (bicyclic) bond motifs is 1. The van der Waals surface area contributed by atoms with Crippen molar-refractivity contribution in [2.24, 2.45) is 11.7 Å². The summed E-state index contributed by atoms with van der Waals surface area (Å²) in [6, 6.07) is 21.5. The number of aromatic hydroxyl groups is 1. The molecule has 194 valence electrons. The lowest BCUT2D eigenvalue weighted by molar-refractivity contribution is 0.0520. The van der Waals surface area contributed by atoms with Gasteiger partial charge in [-0.3, -0.25) is 4.79 Å². The van der Waals surface area contributed by atoms with Gasteiger partial charge in [0.15, 0.2) is 5.78 Å². The number of hydrogen-bond acceptors (Lipinski definition) is 6. The van der Waals surface area contributed by atoms with Crippen molar-refractivity contribution in [2.45, 2.75) is 32.9 Å². The number of hydrogen-bond donors (Lipinski definition) is 3. The van der Waals surface area contributed by atoms with Crippen molar-refractivity contribution in [3.05, 3.63) is 95.2 Å². The van der Waals surface area contributed by atoms with E-state index < -0.39 is 11.5 Å². The molecule has 0 aliphatic heterocycles. The van der Waals surface area contributed by atoms with Gasteiger partial charge in [0.2, 0.25) is 0 Å². The smallest absolute Gasteiger partial charge is 0.354 e. The van der Waals surface area contributed by atoms with Crippen LogP contribution in [0.5, 0.6) is 11.5 Å². The van der Waals surface area contributed by atoms with E-state index in [1.54, 1.807) is 31.2 Å². The normalized spacial score (nSPS) is 12.6. The molecule has 1 aromatic heterocycles. The van der Waals surface area contributed by atoms with Gasteiger partial charge in [-0.15, -0.1) is 12.4 Å². The minimum absolute atomic E-state index is 0. The van der Waals surface area contributed by atoms with E-state index in [1.807, 2.05) is 44.2 Å². The minimum atomic E-state index is -1.36. The molecule has 7 nitrogen and oxygen atoms in total. The fourth-order valence-electron chi connectivity index (χ4n) is 4.24. The molecule has 4 rings (SSSR count). The fraction of sp³-hybridized carbons (Fsp3) is 0.241. The molecule has 4 N–H and O–H groups in total. The van der Waals surface area contributed by atoms with E-state index in [4.69, 9.17) is 15.2 Å². The maximum absolute atomic E-state index is 14.0. The van der Waals surface area contributed by atoms with Gasteiger partial charge in [-0.1, -0.05) is 56.3 Å². The van der Waals surface area contributed by atoms with Crippen molar-refractivity contribution in [2.75, 3.05) is 6.61 Å². The Hall–Kier alpha value is -3.81. The van der Waals surface area contributed by atoms with Crippen LogP contribution in [-0.2, 0) is 16.9 Å². The number of H-pyrrole nitrogens is 1. The average Bonchev–Trinajstić information content (AvgIpc) is 3.34.